The lowest BCUT2D eigenvalue weighted by molar-refractivity contribution is 0.489. The van der Waals surface area contributed by atoms with E-state index in [4.69, 9.17) is 4.42 Å². The first-order valence-corrected chi connectivity index (χ1v) is 9.48. The average molecular weight is 373 g/mol. The fourth-order valence-corrected chi connectivity index (χ4v) is 3.84. The number of hydrogen-bond donors (Lipinski definition) is 1. The van der Waals surface area contributed by atoms with Crippen molar-refractivity contribution in [3.63, 3.8) is 0 Å². The van der Waals surface area contributed by atoms with Crippen molar-refractivity contribution < 1.29 is 12.8 Å². The van der Waals surface area contributed by atoms with Gasteiger partial charge in [0.15, 0.2) is 5.58 Å². The van der Waals surface area contributed by atoms with Crippen LogP contribution >= 0.6 is 0 Å². The molecule has 1 N–H and O–H groups in total. The highest BCUT2D eigenvalue weighted by atomic mass is 32.2. The molecular weight excluding hydrogens is 354 g/mol. The molecule has 2 aromatic carbocycles. The van der Waals surface area contributed by atoms with Crippen LogP contribution in [-0.4, -0.2) is 25.9 Å². The van der Waals surface area contributed by atoms with Gasteiger partial charge in [-0.05, 0) is 31.5 Å². The van der Waals surface area contributed by atoms with Crippen LogP contribution in [0.5, 0.6) is 0 Å². The van der Waals surface area contributed by atoms with Crippen molar-refractivity contribution in [2.75, 3.05) is 7.05 Å². The highest BCUT2D eigenvalue weighted by Crippen LogP contribution is 2.24. The van der Waals surface area contributed by atoms with Gasteiger partial charge in [-0.1, -0.05) is 30.3 Å². The minimum atomic E-state index is -3.79. The fraction of sp³-hybridized carbons (Fsp3) is 0.222. The van der Waals surface area contributed by atoms with Gasteiger partial charge in [0, 0.05) is 13.1 Å². The standard InChI is InChI=1S/C18H19N3O4S/c1-12(14-7-5-4-6-8-14)21-16-10-9-15(11-17(16)25-18(21)22)26(23,24)20-13(2)19-3/h4-12H,1-3H3,(H,19,20). The summed E-state index contributed by atoms with van der Waals surface area (Å²) >= 11 is 0. The van der Waals surface area contributed by atoms with E-state index in [1.54, 1.807) is 13.0 Å². The number of hydrogen-bond acceptors (Lipinski definition) is 5. The minimum absolute atomic E-state index is 0.00117. The lowest BCUT2D eigenvalue weighted by Crippen LogP contribution is -2.28. The van der Waals surface area contributed by atoms with Gasteiger partial charge < -0.3 is 4.42 Å². The van der Waals surface area contributed by atoms with Crippen molar-refractivity contribution in [1.82, 2.24) is 9.29 Å². The lowest BCUT2D eigenvalue weighted by atomic mass is 10.1. The topological polar surface area (TPSA) is 93.7 Å². The summed E-state index contributed by atoms with van der Waals surface area (Å²) in [7, 11) is -2.30. The molecule has 3 rings (SSSR count). The van der Waals surface area contributed by atoms with Crippen molar-refractivity contribution in [1.29, 1.82) is 0 Å². The summed E-state index contributed by atoms with van der Waals surface area (Å²) in [5.41, 5.74) is 1.70. The number of oxazole rings is 1. The molecule has 1 unspecified atom stereocenters. The Morgan fingerprint density at radius 1 is 1.19 bits per heavy atom. The number of aliphatic imine (C=N–C) groups is 1. The van der Waals surface area contributed by atoms with Crippen LogP contribution in [0.25, 0.3) is 11.1 Å². The second-order valence-corrected chi connectivity index (χ2v) is 7.55. The van der Waals surface area contributed by atoms with E-state index in [1.807, 2.05) is 37.3 Å². The molecule has 0 saturated carbocycles. The molecule has 8 heteroatoms. The molecule has 3 aromatic rings. The zero-order valence-electron chi connectivity index (χ0n) is 14.6. The van der Waals surface area contributed by atoms with E-state index < -0.39 is 15.8 Å². The molecular formula is C18H19N3O4S. The number of benzene rings is 2. The predicted octanol–water partition coefficient (Wildman–Crippen LogP) is 2.53. The number of nitrogens with one attached hydrogen (secondary N) is 1. The Morgan fingerprint density at radius 2 is 1.88 bits per heavy atom. The first-order valence-electron chi connectivity index (χ1n) is 7.99. The maximum atomic E-state index is 12.4. The van der Waals surface area contributed by atoms with Gasteiger partial charge >= 0.3 is 5.76 Å². The first kappa shape index (κ1) is 17.9. The van der Waals surface area contributed by atoms with Gasteiger partial charge in [0.1, 0.15) is 5.84 Å². The van der Waals surface area contributed by atoms with E-state index in [0.29, 0.717) is 5.52 Å². The SMILES string of the molecule is CN=C(C)NS(=O)(=O)c1ccc2c(c1)oc(=O)n2C(C)c1ccccc1. The minimum Gasteiger partial charge on any atom is -0.408 e. The number of rotatable bonds is 4. The third-order valence-electron chi connectivity index (χ3n) is 4.18. The third kappa shape index (κ3) is 3.28. The van der Waals surface area contributed by atoms with Gasteiger partial charge in [-0.3, -0.25) is 14.3 Å². The summed E-state index contributed by atoms with van der Waals surface area (Å²) < 4.78 is 33.9. The molecule has 0 fully saturated rings. The van der Waals surface area contributed by atoms with E-state index in [9.17, 15) is 13.2 Å². The molecule has 0 aliphatic carbocycles. The molecule has 7 nitrogen and oxygen atoms in total. The van der Waals surface area contributed by atoms with Crippen LogP contribution < -0.4 is 10.5 Å². The molecule has 0 radical (unpaired) electrons. The lowest BCUT2D eigenvalue weighted by Gasteiger charge is -2.13. The molecule has 0 saturated heterocycles. The van der Waals surface area contributed by atoms with Gasteiger partial charge in [0.25, 0.3) is 10.0 Å². The highest BCUT2D eigenvalue weighted by molar-refractivity contribution is 7.90. The van der Waals surface area contributed by atoms with E-state index in [1.165, 1.54) is 23.7 Å². The normalized spacial score (nSPS) is 13.7. The molecule has 0 spiro atoms. The van der Waals surface area contributed by atoms with Crippen molar-refractivity contribution in [2.24, 2.45) is 4.99 Å². The Kier molecular flexibility index (Phi) is 4.69. The maximum absolute atomic E-state index is 12.4. The number of sulfonamides is 1. The van der Waals surface area contributed by atoms with Crippen LogP contribution in [0, 0.1) is 0 Å². The molecule has 1 aromatic heterocycles. The van der Waals surface area contributed by atoms with E-state index in [-0.39, 0.29) is 22.4 Å². The maximum Gasteiger partial charge on any atom is 0.420 e. The van der Waals surface area contributed by atoms with Crippen molar-refractivity contribution in [3.8, 4) is 0 Å². The largest absolute Gasteiger partial charge is 0.420 e. The number of fused-ring (bicyclic) bond motifs is 1. The van der Waals surface area contributed by atoms with Crippen LogP contribution in [0.1, 0.15) is 25.5 Å². The number of amidine groups is 1. The van der Waals surface area contributed by atoms with Gasteiger partial charge in [-0.15, -0.1) is 0 Å². The molecule has 0 aliphatic heterocycles. The Labute approximate surface area is 151 Å². The van der Waals surface area contributed by atoms with E-state index in [2.05, 4.69) is 9.71 Å². The van der Waals surface area contributed by atoms with Gasteiger partial charge in [-0.25, -0.2) is 13.2 Å². The van der Waals surface area contributed by atoms with Crippen LogP contribution in [-0.2, 0) is 10.0 Å². The Balaban J connectivity index is 2.08. The van der Waals surface area contributed by atoms with Gasteiger partial charge in [0.05, 0.1) is 16.5 Å². The summed E-state index contributed by atoms with van der Waals surface area (Å²) in [5.74, 6) is -0.271. The molecule has 26 heavy (non-hydrogen) atoms. The molecule has 0 aliphatic rings. The predicted molar refractivity (Wildman–Crippen MR) is 100 cm³/mol. The smallest absolute Gasteiger partial charge is 0.408 e. The fourth-order valence-electron chi connectivity index (χ4n) is 2.73. The molecule has 0 amide bonds. The van der Waals surface area contributed by atoms with Gasteiger partial charge in [-0.2, -0.15) is 0 Å². The van der Waals surface area contributed by atoms with Crippen LogP contribution in [0.4, 0.5) is 0 Å². The summed E-state index contributed by atoms with van der Waals surface area (Å²) in [6, 6.07) is 13.6. The quantitative estimate of drug-likeness (QED) is 0.562. The van der Waals surface area contributed by atoms with E-state index in [0.717, 1.165) is 5.56 Å². The van der Waals surface area contributed by atoms with Crippen molar-refractivity contribution in [2.45, 2.75) is 24.8 Å². The second-order valence-electron chi connectivity index (χ2n) is 5.87. The molecule has 1 atom stereocenters. The Morgan fingerprint density at radius 3 is 2.54 bits per heavy atom. The number of nitrogens with zero attached hydrogens (tertiary/aromatic N) is 2. The zero-order chi connectivity index (χ0) is 18.9. The summed E-state index contributed by atoms with van der Waals surface area (Å²) in [5, 5.41) is 0. The summed E-state index contributed by atoms with van der Waals surface area (Å²) in [4.78, 5) is 16.1. The highest BCUT2D eigenvalue weighted by Gasteiger charge is 2.20. The molecule has 136 valence electrons. The molecule has 1 heterocycles. The first-order chi connectivity index (χ1) is 12.3. The second kappa shape index (κ2) is 6.80. The zero-order valence-corrected chi connectivity index (χ0v) is 15.4. The number of aromatic nitrogens is 1. The average Bonchev–Trinajstić information content (AvgIpc) is 2.96. The van der Waals surface area contributed by atoms with Crippen LogP contribution in [0.15, 0.2) is 67.6 Å². The third-order valence-corrected chi connectivity index (χ3v) is 5.62. The van der Waals surface area contributed by atoms with Crippen molar-refractivity contribution in [3.05, 3.63) is 64.6 Å². The van der Waals surface area contributed by atoms with Crippen LogP contribution in [0.2, 0.25) is 0 Å². The summed E-state index contributed by atoms with van der Waals surface area (Å²) in [6.07, 6.45) is 0. The monoisotopic (exact) mass is 373 g/mol. The summed E-state index contributed by atoms with van der Waals surface area (Å²) in [6.45, 7) is 3.44. The van der Waals surface area contributed by atoms with E-state index >= 15 is 0 Å². The Bertz CT molecular complexity index is 1130. The van der Waals surface area contributed by atoms with Crippen LogP contribution in [0.3, 0.4) is 0 Å². The van der Waals surface area contributed by atoms with Gasteiger partial charge in [0.2, 0.25) is 0 Å². The van der Waals surface area contributed by atoms with Crippen molar-refractivity contribution >= 4 is 27.0 Å². The Hall–Kier alpha value is -2.87. The molecule has 0 bridgehead atoms.